The van der Waals surface area contributed by atoms with Crippen LogP contribution in [0.25, 0.3) is 0 Å². The molecule has 144 valence electrons. The zero-order chi connectivity index (χ0) is 18.7. The molecule has 1 heterocycles. The van der Waals surface area contributed by atoms with Crippen LogP contribution >= 0.6 is 0 Å². The Morgan fingerprint density at radius 3 is 2.77 bits per heavy atom. The van der Waals surface area contributed by atoms with E-state index in [1.165, 1.54) is 5.56 Å². The highest BCUT2D eigenvalue weighted by molar-refractivity contribution is 5.80. The summed E-state index contributed by atoms with van der Waals surface area (Å²) >= 11 is 0. The largest absolute Gasteiger partial charge is 0.377 e. The molecule has 0 spiro atoms. The molecule has 0 bridgehead atoms. The topological polar surface area (TPSA) is 48.9 Å². The number of nitrogens with zero attached hydrogens (tertiary/aromatic N) is 2. The van der Waals surface area contributed by atoms with Gasteiger partial charge in [0.2, 0.25) is 0 Å². The quantitative estimate of drug-likeness (QED) is 0.606. The first kappa shape index (κ1) is 19.2. The van der Waals surface area contributed by atoms with Gasteiger partial charge >= 0.3 is 0 Å². The molecule has 26 heavy (non-hydrogen) atoms. The Morgan fingerprint density at radius 2 is 2.08 bits per heavy atom. The Morgan fingerprint density at radius 1 is 1.35 bits per heavy atom. The van der Waals surface area contributed by atoms with E-state index in [1.807, 2.05) is 7.05 Å². The Kier molecular flexibility index (Phi) is 5.88. The third-order valence-electron chi connectivity index (χ3n) is 6.21. The molecule has 1 aliphatic carbocycles. The van der Waals surface area contributed by atoms with Crippen LogP contribution in [-0.2, 0) is 11.3 Å². The van der Waals surface area contributed by atoms with E-state index in [0.717, 1.165) is 32.1 Å². The maximum Gasteiger partial charge on any atom is 0.191 e. The van der Waals surface area contributed by atoms with E-state index in [9.17, 15) is 0 Å². The highest BCUT2D eigenvalue weighted by atomic mass is 16.5. The van der Waals surface area contributed by atoms with Gasteiger partial charge in [0.15, 0.2) is 5.96 Å². The molecule has 4 atom stereocenters. The van der Waals surface area contributed by atoms with Crippen LogP contribution in [0.1, 0.15) is 32.8 Å². The van der Waals surface area contributed by atoms with Gasteiger partial charge in [-0.25, -0.2) is 0 Å². The van der Waals surface area contributed by atoms with E-state index in [2.05, 4.69) is 78.7 Å². The monoisotopic (exact) mass is 358 g/mol. The van der Waals surface area contributed by atoms with Crippen molar-refractivity contribution in [2.75, 3.05) is 27.2 Å². The van der Waals surface area contributed by atoms with Gasteiger partial charge in [-0.2, -0.15) is 0 Å². The zero-order valence-corrected chi connectivity index (χ0v) is 16.8. The van der Waals surface area contributed by atoms with Crippen LogP contribution in [0.4, 0.5) is 0 Å². The molecule has 2 aliphatic rings. The molecule has 1 aromatic rings. The fraction of sp³-hybridized carbons (Fsp3) is 0.667. The molecule has 0 aromatic heterocycles. The number of guanidine groups is 1. The minimum Gasteiger partial charge on any atom is -0.377 e. The van der Waals surface area contributed by atoms with Gasteiger partial charge in [0.1, 0.15) is 0 Å². The molecule has 4 unspecified atom stereocenters. The highest BCUT2D eigenvalue weighted by Crippen LogP contribution is 2.52. The summed E-state index contributed by atoms with van der Waals surface area (Å²) in [6.07, 6.45) is 1.55. The number of aliphatic imine (C=N–C) groups is 1. The molecule has 0 radical (unpaired) electrons. The third kappa shape index (κ3) is 3.89. The smallest absolute Gasteiger partial charge is 0.191 e. The molecule has 2 fully saturated rings. The summed E-state index contributed by atoms with van der Waals surface area (Å²) in [7, 11) is 4.02. The maximum atomic E-state index is 5.89. The van der Waals surface area contributed by atoms with Crippen LogP contribution < -0.4 is 10.6 Å². The SMILES string of the molecule is CN=C(NCC(C)N(C)Cc1ccccc1)NC1C2CCOC2C1(C)C. The van der Waals surface area contributed by atoms with Crippen molar-refractivity contribution >= 4 is 5.96 Å². The summed E-state index contributed by atoms with van der Waals surface area (Å²) in [5.74, 6) is 1.51. The van der Waals surface area contributed by atoms with Crippen molar-refractivity contribution in [1.82, 2.24) is 15.5 Å². The normalized spacial score (nSPS) is 28.4. The number of rotatable bonds is 6. The van der Waals surface area contributed by atoms with Gasteiger partial charge in [0.05, 0.1) is 6.10 Å². The standard InChI is InChI=1S/C21H34N4O/c1-15(25(5)14-16-9-7-6-8-10-16)13-23-20(22-4)24-18-17-11-12-26-19(17)21(18,2)3/h6-10,15,17-19H,11-14H2,1-5H3,(H2,22,23,24). The molecule has 5 nitrogen and oxygen atoms in total. The van der Waals surface area contributed by atoms with Crippen molar-refractivity contribution in [2.24, 2.45) is 16.3 Å². The van der Waals surface area contributed by atoms with Crippen molar-refractivity contribution < 1.29 is 4.74 Å². The molecule has 1 saturated carbocycles. The van der Waals surface area contributed by atoms with Crippen LogP contribution in [0.15, 0.2) is 35.3 Å². The molecular formula is C21H34N4O. The summed E-state index contributed by atoms with van der Waals surface area (Å²) in [5, 5.41) is 7.16. The van der Waals surface area contributed by atoms with Crippen LogP contribution in [0, 0.1) is 11.3 Å². The molecule has 2 N–H and O–H groups in total. The molecule has 1 aliphatic heterocycles. The first-order valence-corrected chi connectivity index (χ1v) is 9.76. The van der Waals surface area contributed by atoms with Gasteiger partial charge in [0.25, 0.3) is 0 Å². The zero-order valence-electron chi connectivity index (χ0n) is 16.8. The number of fused-ring (bicyclic) bond motifs is 1. The fourth-order valence-corrected chi connectivity index (χ4v) is 4.39. The Labute approximate surface area is 158 Å². The van der Waals surface area contributed by atoms with Gasteiger partial charge in [0, 0.05) is 50.2 Å². The predicted molar refractivity (Wildman–Crippen MR) is 107 cm³/mol. The molecule has 0 amide bonds. The van der Waals surface area contributed by atoms with Gasteiger partial charge < -0.3 is 15.4 Å². The number of nitrogens with one attached hydrogen (secondary N) is 2. The summed E-state index contributed by atoms with van der Waals surface area (Å²) in [6, 6.07) is 11.4. The second kappa shape index (κ2) is 7.97. The van der Waals surface area contributed by atoms with Crippen LogP contribution in [0.2, 0.25) is 0 Å². The van der Waals surface area contributed by atoms with Crippen molar-refractivity contribution in [3.63, 3.8) is 0 Å². The van der Waals surface area contributed by atoms with E-state index in [4.69, 9.17) is 4.74 Å². The Hall–Kier alpha value is -1.59. The lowest BCUT2D eigenvalue weighted by Gasteiger charge is -2.55. The molecule has 3 rings (SSSR count). The van der Waals surface area contributed by atoms with Crippen LogP contribution in [0.3, 0.4) is 0 Å². The lowest BCUT2D eigenvalue weighted by Crippen LogP contribution is -2.68. The Balaban J connectivity index is 1.48. The number of ether oxygens (including phenoxy) is 1. The highest BCUT2D eigenvalue weighted by Gasteiger charge is 2.59. The lowest BCUT2D eigenvalue weighted by atomic mass is 9.57. The van der Waals surface area contributed by atoms with Gasteiger partial charge in [-0.1, -0.05) is 44.2 Å². The molecular weight excluding hydrogens is 324 g/mol. The van der Waals surface area contributed by atoms with E-state index >= 15 is 0 Å². The van der Waals surface area contributed by atoms with E-state index in [-0.39, 0.29) is 5.41 Å². The summed E-state index contributed by atoms with van der Waals surface area (Å²) in [4.78, 5) is 6.80. The van der Waals surface area contributed by atoms with Gasteiger partial charge in [-0.15, -0.1) is 0 Å². The summed E-state index contributed by atoms with van der Waals surface area (Å²) in [6.45, 7) is 9.54. The van der Waals surface area contributed by atoms with Crippen molar-refractivity contribution in [2.45, 2.75) is 51.9 Å². The van der Waals surface area contributed by atoms with Crippen LogP contribution in [0.5, 0.6) is 0 Å². The second-order valence-corrected chi connectivity index (χ2v) is 8.39. The first-order valence-electron chi connectivity index (χ1n) is 9.76. The summed E-state index contributed by atoms with van der Waals surface area (Å²) in [5.41, 5.74) is 1.50. The summed E-state index contributed by atoms with van der Waals surface area (Å²) < 4.78 is 5.89. The van der Waals surface area contributed by atoms with Crippen molar-refractivity contribution in [3.05, 3.63) is 35.9 Å². The van der Waals surface area contributed by atoms with Crippen molar-refractivity contribution in [3.8, 4) is 0 Å². The van der Waals surface area contributed by atoms with E-state index in [1.54, 1.807) is 0 Å². The maximum absolute atomic E-state index is 5.89. The second-order valence-electron chi connectivity index (χ2n) is 8.39. The fourth-order valence-electron chi connectivity index (χ4n) is 4.39. The van der Waals surface area contributed by atoms with E-state index < -0.39 is 0 Å². The Bertz CT molecular complexity index is 616. The number of benzene rings is 1. The molecule has 5 heteroatoms. The average Bonchev–Trinajstić information content (AvgIpc) is 3.09. The number of hydrogen-bond donors (Lipinski definition) is 2. The van der Waals surface area contributed by atoms with Gasteiger partial charge in [-0.3, -0.25) is 9.89 Å². The average molecular weight is 359 g/mol. The minimum absolute atomic E-state index is 0.161. The first-order chi connectivity index (χ1) is 12.4. The number of hydrogen-bond acceptors (Lipinski definition) is 3. The number of likely N-dealkylation sites (N-methyl/N-ethyl adjacent to an activating group) is 1. The van der Waals surface area contributed by atoms with Crippen LogP contribution in [-0.4, -0.2) is 56.3 Å². The van der Waals surface area contributed by atoms with Gasteiger partial charge in [-0.05, 0) is 26.0 Å². The third-order valence-corrected chi connectivity index (χ3v) is 6.21. The van der Waals surface area contributed by atoms with Crippen molar-refractivity contribution in [1.29, 1.82) is 0 Å². The minimum atomic E-state index is 0.161. The predicted octanol–water partition coefficient (Wildman–Crippen LogP) is 2.49. The van der Waals surface area contributed by atoms with E-state index in [0.29, 0.717) is 24.1 Å². The lowest BCUT2D eigenvalue weighted by molar-refractivity contribution is -0.106. The molecule has 1 aromatic carbocycles. The molecule has 1 saturated heterocycles.